The molecule has 0 heterocycles. The van der Waals surface area contributed by atoms with Crippen LogP contribution in [0, 0.1) is 6.07 Å². The van der Waals surface area contributed by atoms with E-state index >= 15 is 0 Å². The Balaban J connectivity index is 2.36. The minimum Gasteiger partial charge on any atom is -0.366 e. The van der Waals surface area contributed by atoms with E-state index in [1.165, 1.54) is 5.39 Å². The molecule has 0 unspecified atom stereocenters. The molecule has 0 atom stereocenters. The largest absolute Gasteiger partial charge is 0.366 e. The number of amides is 1. The van der Waals surface area contributed by atoms with E-state index in [1.807, 2.05) is 18.2 Å². The molecule has 1 radical (unpaired) electrons. The highest BCUT2D eigenvalue weighted by atomic mass is 16.1. The van der Waals surface area contributed by atoms with Crippen molar-refractivity contribution in [2.24, 2.45) is 5.73 Å². The topological polar surface area (TPSA) is 43.1 Å². The number of fused-ring (bicyclic) bond motifs is 2. The van der Waals surface area contributed by atoms with Crippen LogP contribution in [-0.4, -0.2) is 5.91 Å². The first-order valence-electron chi connectivity index (χ1n) is 5.38. The van der Waals surface area contributed by atoms with Gasteiger partial charge in [-0.05, 0) is 51.9 Å². The van der Waals surface area contributed by atoms with Crippen molar-refractivity contribution in [2.75, 3.05) is 0 Å². The monoisotopic (exact) mass is 220 g/mol. The molecule has 3 aromatic rings. The van der Waals surface area contributed by atoms with Crippen molar-refractivity contribution in [2.45, 2.75) is 0 Å². The highest BCUT2D eigenvalue weighted by Gasteiger charge is 2.03. The molecule has 0 saturated carbocycles. The molecule has 17 heavy (non-hydrogen) atoms. The number of benzene rings is 3. The van der Waals surface area contributed by atoms with Gasteiger partial charge >= 0.3 is 0 Å². The molecule has 2 heteroatoms. The van der Waals surface area contributed by atoms with Crippen molar-refractivity contribution in [1.29, 1.82) is 0 Å². The van der Waals surface area contributed by atoms with Gasteiger partial charge in [-0.2, -0.15) is 0 Å². The van der Waals surface area contributed by atoms with Crippen molar-refractivity contribution < 1.29 is 4.79 Å². The fraction of sp³-hybridized carbons (Fsp3) is 0. The molecule has 0 spiro atoms. The second-order valence-corrected chi connectivity index (χ2v) is 4.04. The Bertz CT molecular complexity index is 731. The van der Waals surface area contributed by atoms with Crippen LogP contribution in [0.25, 0.3) is 21.5 Å². The van der Waals surface area contributed by atoms with Crippen molar-refractivity contribution in [3.05, 3.63) is 60.2 Å². The van der Waals surface area contributed by atoms with E-state index in [-0.39, 0.29) is 0 Å². The number of hydrogen-bond acceptors (Lipinski definition) is 1. The molecule has 3 aromatic carbocycles. The lowest BCUT2D eigenvalue weighted by molar-refractivity contribution is 0.1000. The van der Waals surface area contributed by atoms with E-state index in [0.717, 1.165) is 16.2 Å². The van der Waals surface area contributed by atoms with Gasteiger partial charge in [0.15, 0.2) is 0 Å². The minimum absolute atomic E-state index is 0.424. The summed E-state index contributed by atoms with van der Waals surface area (Å²) in [6.45, 7) is 0. The van der Waals surface area contributed by atoms with Gasteiger partial charge in [-0.3, -0.25) is 4.79 Å². The van der Waals surface area contributed by atoms with Gasteiger partial charge in [-0.1, -0.05) is 24.3 Å². The first-order valence-corrected chi connectivity index (χ1v) is 5.38. The van der Waals surface area contributed by atoms with Crippen LogP contribution in [0.4, 0.5) is 0 Å². The standard InChI is InChI=1S/C15H10NO/c16-15(17)13-6-5-12-7-10-3-1-2-4-11(10)8-14(12)9-13/h1-5,7-9H,(H2,16,17). The normalized spacial score (nSPS) is 10.8. The Morgan fingerprint density at radius 1 is 0.941 bits per heavy atom. The Kier molecular flexibility index (Phi) is 2.08. The Morgan fingerprint density at radius 2 is 1.59 bits per heavy atom. The summed E-state index contributed by atoms with van der Waals surface area (Å²) in [4.78, 5) is 11.1. The number of rotatable bonds is 1. The van der Waals surface area contributed by atoms with Crippen molar-refractivity contribution in [3.63, 3.8) is 0 Å². The van der Waals surface area contributed by atoms with Crippen LogP contribution in [-0.2, 0) is 0 Å². The third-order valence-electron chi connectivity index (χ3n) is 2.90. The van der Waals surface area contributed by atoms with E-state index in [4.69, 9.17) is 5.73 Å². The van der Waals surface area contributed by atoms with Gasteiger partial charge in [0.05, 0.1) is 0 Å². The smallest absolute Gasteiger partial charge is 0.249 e. The maximum Gasteiger partial charge on any atom is 0.249 e. The molecule has 2 nitrogen and oxygen atoms in total. The van der Waals surface area contributed by atoms with E-state index in [0.29, 0.717) is 5.56 Å². The average molecular weight is 220 g/mol. The van der Waals surface area contributed by atoms with Gasteiger partial charge < -0.3 is 5.73 Å². The van der Waals surface area contributed by atoms with E-state index in [1.54, 1.807) is 6.07 Å². The number of nitrogens with two attached hydrogens (primary N) is 1. The fourth-order valence-electron chi connectivity index (χ4n) is 2.02. The lowest BCUT2D eigenvalue weighted by Crippen LogP contribution is -2.10. The number of hydrogen-bond donors (Lipinski definition) is 1. The summed E-state index contributed by atoms with van der Waals surface area (Å²) in [6.07, 6.45) is 0. The zero-order valence-corrected chi connectivity index (χ0v) is 9.10. The maximum atomic E-state index is 11.1. The minimum atomic E-state index is -0.444. The Morgan fingerprint density at radius 3 is 2.24 bits per heavy atom. The van der Waals surface area contributed by atoms with E-state index < -0.39 is 5.91 Å². The number of carbonyl (C=O) groups excluding carboxylic acids is 1. The molecule has 0 fully saturated rings. The second kappa shape index (κ2) is 3.59. The highest BCUT2D eigenvalue weighted by molar-refractivity contribution is 6.02. The van der Waals surface area contributed by atoms with Gasteiger partial charge in [0.2, 0.25) is 5.91 Å². The summed E-state index contributed by atoms with van der Waals surface area (Å²) in [5.74, 6) is -0.444. The summed E-state index contributed by atoms with van der Waals surface area (Å²) < 4.78 is 0. The predicted octanol–water partition coefficient (Wildman–Crippen LogP) is 2.89. The number of primary amides is 1. The van der Waals surface area contributed by atoms with E-state index in [2.05, 4.69) is 30.3 Å². The summed E-state index contributed by atoms with van der Waals surface area (Å²) in [5.41, 5.74) is 5.67. The molecule has 0 aliphatic heterocycles. The molecule has 81 valence electrons. The van der Waals surface area contributed by atoms with E-state index in [9.17, 15) is 4.79 Å². The first kappa shape index (κ1) is 9.85. The summed E-state index contributed by atoms with van der Waals surface area (Å²) in [5, 5.41) is 4.41. The SMILES string of the molecule is NC(=O)c1[c]cc2cc3ccccc3cc2c1. The van der Waals surface area contributed by atoms with Crippen LogP contribution in [0.5, 0.6) is 0 Å². The molecule has 0 aliphatic carbocycles. The molecule has 0 saturated heterocycles. The Labute approximate surface area is 98.7 Å². The molecule has 0 aromatic heterocycles. The lowest BCUT2D eigenvalue weighted by atomic mass is 10.0. The van der Waals surface area contributed by atoms with Gasteiger partial charge in [-0.25, -0.2) is 0 Å². The Hall–Kier alpha value is -2.35. The zero-order chi connectivity index (χ0) is 11.8. The van der Waals surface area contributed by atoms with Gasteiger partial charge in [0.25, 0.3) is 0 Å². The van der Waals surface area contributed by atoms with Crippen molar-refractivity contribution in [3.8, 4) is 0 Å². The first-order chi connectivity index (χ1) is 8.24. The quantitative estimate of drug-likeness (QED) is 0.629. The van der Waals surface area contributed by atoms with Gasteiger partial charge in [0, 0.05) is 5.56 Å². The third kappa shape index (κ3) is 1.64. The molecular formula is C15H10NO. The molecule has 0 bridgehead atoms. The maximum absolute atomic E-state index is 11.1. The average Bonchev–Trinajstić information content (AvgIpc) is 2.35. The lowest BCUT2D eigenvalue weighted by Gasteiger charge is -2.03. The summed E-state index contributed by atoms with van der Waals surface area (Å²) in [7, 11) is 0. The predicted molar refractivity (Wildman–Crippen MR) is 68.8 cm³/mol. The third-order valence-corrected chi connectivity index (χ3v) is 2.90. The summed E-state index contributed by atoms with van der Waals surface area (Å²) >= 11 is 0. The molecule has 3 rings (SSSR count). The van der Waals surface area contributed by atoms with Crippen molar-refractivity contribution in [1.82, 2.24) is 0 Å². The molecule has 2 N–H and O–H groups in total. The fourth-order valence-corrected chi connectivity index (χ4v) is 2.02. The number of carbonyl (C=O) groups is 1. The highest BCUT2D eigenvalue weighted by Crippen LogP contribution is 2.23. The van der Waals surface area contributed by atoms with Crippen LogP contribution in [0.3, 0.4) is 0 Å². The zero-order valence-electron chi connectivity index (χ0n) is 9.10. The second-order valence-electron chi connectivity index (χ2n) is 4.04. The molecular weight excluding hydrogens is 210 g/mol. The molecule has 0 aliphatic rings. The van der Waals surface area contributed by atoms with Crippen LogP contribution in [0.15, 0.2) is 48.5 Å². The van der Waals surface area contributed by atoms with Crippen LogP contribution in [0.2, 0.25) is 0 Å². The summed E-state index contributed by atoms with van der Waals surface area (Å²) in [6, 6.07) is 18.8. The van der Waals surface area contributed by atoms with Crippen LogP contribution >= 0.6 is 0 Å². The molecule has 1 amide bonds. The van der Waals surface area contributed by atoms with Crippen LogP contribution in [0.1, 0.15) is 10.4 Å². The van der Waals surface area contributed by atoms with Gasteiger partial charge in [-0.15, -0.1) is 0 Å². The van der Waals surface area contributed by atoms with Crippen LogP contribution < -0.4 is 5.73 Å². The van der Waals surface area contributed by atoms with Crippen molar-refractivity contribution >= 4 is 27.5 Å². The van der Waals surface area contributed by atoms with Gasteiger partial charge in [0.1, 0.15) is 0 Å².